The average molecular weight is 456 g/mol. The molecular weight excluding hydrogens is 438 g/mol. The molecule has 0 radical (unpaired) electrons. The minimum atomic E-state index is 0. The monoisotopic (exact) mass is 453 g/mol. The summed E-state index contributed by atoms with van der Waals surface area (Å²) in [5, 5.41) is 0. The molecule has 106 valence electrons. The highest BCUT2D eigenvalue weighted by Gasteiger charge is 2.22. The molecule has 0 amide bonds. The van der Waals surface area contributed by atoms with Crippen molar-refractivity contribution in [2.75, 3.05) is 27.2 Å². The molecule has 1 aromatic carbocycles. The largest absolute Gasteiger partial charge is 1.00 e. The van der Waals surface area contributed by atoms with Crippen LogP contribution in [0.1, 0.15) is 17.3 Å². The zero-order chi connectivity index (χ0) is 13.8. The van der Waals surface area contributed by atoms with E-state index < -0.39 is 0 Å². The number of hydrogen-bond donors (Lipinski definition) is 0. The first-order chi connectivity index (χ1) is 8.32. The fraction of sp³-hybridized carbons (Fsp3) is 0.357. The van der Waals surface area contributed by atoms with E-state index in [1.807, 2.05) is 37.3 Å². The van der Waals surface area contributed by atoms with Gasteiger partial charge in [0.15, 0.2) is 0 Å². The van der Waals surface area contributed by atoms with Crippen LogP contribution in [0.4, 0.5) is 0 Å². The van der Waals surface area contributed by atoms with E-state index in [-0.39, 0.29) is 22.8 Å². The number of quaternary nitrogens is 1. The van der Waals surface area contributed by atoms with Crippen LogP contribution in [-0.2, 0) is 0 Å². The van der Waals surface area contributed by atoms with Crippen molar-refractivity contribution in [2.24, 2.45) is 0 Å². The Morgan fingerprint density at radius 1 is 1.11 bits per heavy atom. The minimum Gasteiger partial charge on any atom is -1.00 e. The fourth-order valence-corrected chi connectivity index (χ4v) is 2.45. The first kappa shape index (κ1) is 19.0. The Bertz CT molecular complexity index is 451. The van der Waals surface area contributed by atoms with Gasteiger partial charge in [0.2, 0.25) is 5.78 Å². The molecule has 0 saturated heterocycles. The summed E-state index contributed by atoms with van der Waals surface area (Å²) in [5.41, 5.74) is 0.777. The summed E-state index contributed by atoms with van der Waals surface area (Å²) >= 11 is 6.97. The van der Waals surface area contributed by atoms with Crippen LogP contribution in [0.5, 0.6) is 0 Å². The van der Waals surface area contributed by atoms with Gasteiger partial charge in [-0.25, -0.2) is 0 Å². The quantitative estimate of drug-likeness (QED) is 0.477. The predicted molar refractivity (Wildman–Crippen MR) is 83.2 cm³/mol. The molecule has 0 fully saturated rings. The fourth-order valence-electron chi connectivity index (χ4n) is 1.64. The van der Waals surface area contributed by atoms with Crippen LogP contribution in [0, 0.1) is 0 Å². The van der Waals surface area contributed by atoms with Gasteiger partial charge in [-0.05, 0) is 22.9 Å². The number of carbonyl (C=O) groups is 1. The van der Waals surface area contributed by atoms with Gasteiger partial charge >= 0.3 is 0 Å². The molecule has 0 bridgehead atoms. The Morgan fingerprint density at radius 3 is 2.11 bits per heavy atom. The number of likely N-dealkylation sites (N-methyl/N-ethyl adjacent to an activating group) is 1. The number of ketones is 1. The summed E-state index contributed by atoms with van der Waals surface area (Å²) in [7, 11) is 4.11. The van der Waals surface area contributed by atoms with E-state index in [0.29, 0.717) is 11.0 Å². The van der Waals surface area contributed by atoms with Crippen molar-refractivity contribution in [1.29, 1.82) is 0 Å². The number of halogens is 3. The maximum atomic E-state index is 12.2. The van der Waals surface area contributed by atoms with Gasteiger partial charge in [0.25, 0.3) is 0 Å². The highest BCUT2D eigenvalue weighted by atomic mass is 79.9. The van der Waals surface area contributed by atoms with Gasteiger partial charge in [0.1, 0.15) is 13.1 Å². The molecule has 5 heteroatoms. The lowest BCUT2D eigenvalue weighted by Crippen LogP contribution is -3.00. The van der Waals surface area contributed by atoms with Crippen molar-refractivity contribution in [3.05, 3.63) is 44.9 Å². The van der Waals surface area contributed by atoms with Crippen molar-refractivity contribution in [2.45, 2.75) is 6.92 Å². The second kappa shape index (κ2) is 8.35. The van der Waals surface area contributed by atoms with Crippen molar-refractivity contribution in [3.8, 4) is 0 Å². The third-order valence-corrected chi connectivity index (χ3v) is 4.46. The molecule has 2 nitrogen and oxygen atoms in total. The average Bonchev–Trinajstić information content (AvgIpc) is 2.28. The zero-order valence-electron chi connectivity index (χ0n) is 11.3. The topological polar surface area (TPSA) is 17.1 Å². The molecular formula is C14H18Br3NO. The van der Waals surface area contributed by atoms with Gasteiger partial charge in [-0.3, -0.25) is 4.79 Å². The Kier molecular flexibility index (Phi) is 8.36. The molecule has 0 heterocycles. The van der Waals surface area contributed by atoms with Crippen LogP contribution in [0.15, 0.2) is 39.3 Å². The number of allylic oxidation sites excluding steroid dienone is 1. The molecule has 0 saturated carbocycles. The molecule has 0 aromatic heterocycles. The van der Waals surface area contributed by atoms with E-state index >= 15 is 0 Å². The molecule has 0 atom stereocenters. The van der Waals surface area contributed by atoms with E-state index in [0.717, 1.165) is 21.1 Å². The third-order valence-electron chi connectivity index (χ3n) is 2.61. The highest BCUT2D eigenvalue weighted by Crippen LogP contribution is 2.20. The van der Waals surface area contributed by atoms with Gasteiger partial charge in [-0.15, -0.1) is 0 Å². The second-order valence-corrected chi connectivity index (χ2v) is 7.13. The van der Waals surface area contributed by atoms with Crippen molar-refractivity contribution in [3.63, 3.8) is 0 Å². The van der Waals surface area contributed by atoms with Crippen molar-refractivity contribution < 1.29 is 26.3 Å². The van der Waals surface area contributed by atoms with E-state index in [1.54, 1.807) is 0 Å². The summed E-state index contributed by atoms with van der Waals surface area (Å²) < 4.78 is 2.78. The maximum absolute atomic E-state index is 12.2. The molecule has 19 heavy (non-hydrogen) atoms. The summed E-state index contributed by atoms with van der Waals surface area (Å²) in [6, 6.07) is 9.44. The number of benzene rings is 1. The third kappa shape index (κ3) is 6.84. The van der Waals surface area contributed by atoms with E-state index in [2.05, 4.69) is 46.0 Å². The summed E-state index contributed by atoms with van der Waals surface area (Å²) in [6.07, 6.45) is 0. The molecule has 1 aromatic rings. The lowest BCUT2D eigenvalue weighted by molar-refractivity contribution is -0.876. The summed E-state index contributed by atoms with van der Waals surface area (Å²) in [4.78, 5) is 12.2. The molecule has 0 aliphatic rings. The predicted octanol–water partition coefficient (Wildman–Crippen LogP) is 0.971. The van der Waals surface area contributed by atoms with Crippen LogP contribution >= 0.6 is 31.9 Å². The van der Waals surface area contributed by atoms with Gasteiger partial charge in [0, 0.05) is 10.0 Å². The molecule has 0 aliphatic carbocycles. The minimum absolute atomic E-state index is 0. The number of rotatable bonds is 5. The van der Waals surface area contributed by atoms with Crippen LogP contribution in [0.3, 0.4) is 0 Å². The Balaban J connectivity index is 0.00000324. The smallest absolute Gasteiger partial charge is 0.216 e. The first-order valence-electron chi connectivity index (χ1n) is 5.73. The van der Waals surface area contributed by atoms with Gasteiger partial charge < -0.3 is 21.5 Å². The molecule has 0 aliphatic heterocycles. The molecule has 1 rings (SSSR count). The number of Topliss-reactive ketones (excluding diaryl/α,β-unsaturated/α-hetero) is 1. The zero-order valence-corrected chi connectivity index (χ0v) is 16.0. The number of carbonyl (C=O) groups excluding carboxylic acids is 1. The Morgan fingerprint density at radius 2 is 1.63 bits per heavy atom. The van der Waals surface area contributed by atoms with Crippen LogP contribution in [0.2, 0.25) is 0 Å². The molecule has 0 N–H and O–H groups in total. The number of nitrogens with zero attached hydrogens (tertiary/aromatic N) is 1. The molecule has 0 spiro atoms. The van der Waals surface area contributed by atoms with Gasteiger partial charge in [0.05, 0.1) is 18.6 Å². The SMILES string of the molecule is CC(Br)=C(Br)C[N+](C)(C)CC(=O)c1ccccc1.[Br-]. The molecule has 0 unspecified atom stereocenters. The lowest BCUT2D eigenvalue weighted by Gasteiger charge is -2.29. The van der Waals surface area contributed by atoms with Crippen LogP contribution < -0.4 is 17.0 Å². The highest BCUT2D eigenvalue weighted by molar-refractivity contribution is 9.14. The maximum Gasteiger partial charge on any atom is 0.216 e. The summed E-state index contributed by atoms with van der Waals surface area (Å²) in [6.45, 7) is 3.26. The standard InChI is InChI=1S/C14H18Br2NO.BrH/c1-11(15)13(16)9-17(2,3)10-14(18)12-7-5-4-6-8-12;/h4-8H,9-10H2,1-3H3;1H/q+1;/p-1. The van der Waals surface area contributed by atoms with Gasteiger partial charge in [-0.1, -0.05) is 46.3 Å². The van der Waals surface area contributed by atoms with Crippen molar-refractivity contribution in [1.82, 2.24) is 0 Å². The summed E-state index contributed by atoms with van der Waals surface area (Å²) in [5.74, 6) is 0.174. The number of hydrogen-bond acceptors (Lipinski definition) is 1. The Hall–Kier alpha value is 0.0300. The first-order valence-corrected chi connectivity index (χ1v) is 7.31. The van der Waals surface area contributed by atoms with Crippen LogP contribution in [-0.4, -0.2) is 37.5 Å². The van der Waals surface area contributed by atoms with Gasteiger partial charge in [-0.2, -0.15) is 0 Å². The normalized spacial score (nSPS) is 12.5. The Labute approximate surface area is 142 Å². The second-order valence-electron chi connectivity index (χ2n) is 4.98. The van der Waals surface area contributed by atoms with E-state index in [1.165, 1.54) is 0 Å². The van der Waals surface area contributed by atoms with E-state index in [9.17, 15) is 4.79 Å². The van der Waals surface area contributed by atoms with E-state index in [4.69, 9.17) is 0 Å². The van der Waals surface area contributed by atoms with Crippen LogP contribution in [0.25, 0.3) is 0 Å². The van der Waals surface area contributed by atoms with Crippen molar-refractivity contribution >= 4 is 37.6 Å². The lowest BCUT2D eigenvalue weighted by atomic mass is 10.1.